The maximum Gasteiger partial charge on any atom is -0.000728 e. The van der Waals surface area contributed by atoms with Gasteiger partial charge in [0.1, 0.15) is 0 Å². The molecule has 0 nitrogen and oxygen atoms in total. The van der Waals surface area contributed by atoms with Crippen LogP contribution in [0.3, 0.4) is 0 Å². The molecule has 0 aliphatic heterocycles. The molecule has 6 bridgehead atoms. The molecule has 28 aliphatic rings. The second-order valence-electron chi connectivity index (χ2n) is 29.4. The Hall–Kier alpha value is 0. The first-order valence-corrected chi connectivity index (χ1v) is 24.8. The smallest absolute Gasteiger partial charge is 0.000728 e. The molecule has 0 heteroatoms. The summed E-state index contributed by atoms with van der Waals surface area (Å²) in [7, 11) is 0. The molecule has 28 fully saturated rings. The van der Waals surface area contributed by atoms with Crippen LogP contribution in [0, 0.1) is 204 Å². The van der Waals surface area contributed by atoms with Gasteiger partial charge in [-0.2, -0.15) is 0 Å². The molecule has 0 aromatic carbocycles. The highest BCUT2D eigenvalue weighted by molar-refractivity contribution is 6.06. The van der Waals surface area contributed by atoms with Crippen molar-refractivity contribution >= 4 is 0 Å². The van der Waals surface area contributed by atoms with Crippen LogP contribution in [0.15, 0.2) is 0 Å². The molecule has 0 aromatic heterocycles. The lowest BCUT2D eigenvalue weighted by Crippen LogP contribution is -3.59. The molecule has 18 spiro atoms. The third kappa shape index (κ3) is 0.582. The minimum Gasteiger partial charge on any atom is -0.0527 e. The van der Waals surface area contributed by atoms with E-state index in [0.29, 0.717) is 0 Å². The SMILES string of the molecule is C1CC2CCC34C(C1)C1C5C6C7C8CC9C%10C%11CC%12C%13C%14C%15C%16C%17CCCC%18CCC%17%19C3(CCC2%18)C23C14C51C64C75C98C%106C%11%12C%137C%148C%15(C%16%192)C13C48C657. The maximum absolute atomic E-state index is 1.87. The first-order chi connectivity index (χ1) is 24.8. The Kier molecular flexibility index (Phi) is 1.48. The normalized spacial score (nSPS) is 115. The van der Waals surface area contributed by atoms with Gasteiger partial charge in [-0.15, -0.1) is 0 Å². The summed E-state index contributed by atoms with van der Waals surface area (Å²) < 4.78 is 0. The Balaban J connectivity index is 0.872. The van der Waals surface area contributed by atoms with Crippen molar-refractivity contribution in [2.24, 2.45) is 204 Å². The summed E-state index contributed by atoms with van der Waals surface area (Å²) in [5.41, 5.74) is 18.9. The zero-order valence-corrected chi connectivity index (χ0v) is 29.3. The Morgan fingerprint density at radius 1 is 0.320 bits per heavy atom. The third-order valence-electron chi connectivity index (χ3n) is 37.0. The molecule has 28 aliphatic carbocycles. The third-order valence-corrected chi connectivity index (χ3v) is 37.0. The molecule has 0 heterocycles. The predicted octanol–water partition coefficient (Wildman–Crippen LogP) is 7.68. The van der Waals surface area contributed by atoms with Gasteiger partial charge in [-0.05, 0) is 268 Å². The molecule has 50 heavy (non-hydrogen) atoms. The lowest BCUT2D eigenvalue weighted by molar-refractivity contribution is -1.16. The molecular formula is C50H46. The van der Waals surface area contributed by atoms with Crippen molar-refractivity contribution in [3.05, 3.63) is 0 Å². The fraction of sp³-hybridized carbons (Fsp3) is 1.00. The van der Waals surface area contributed by atoms with Gasteiger partial charge in [0, 0.05) is 0 Å². The monoisotopic (exact) mass is 646 g/mol. The lowest BCUT2D eigenvalue weighted by Gasteiger charge is -3.60. The summed E-state index contributed by atoms with van der Waals surface area (Å²) in [5.74, 6) is 23.7. The topological polar surface area (TPSA) is 0 Å². The molecule has 0 radical (unpaired) electrons. The van der Waals surface area contributed by atoms with Gasteiger partial charge in [0.25, 0.3) is 0 Å². The van der Waals surface area contributed by atoms with Gasteiger partial charge in [0.05, 0.1) is 0 Å². The van der Waals surface area contributed by atoms with Crippen LogP contribution in [0.2, 0.25) is 0 Å². The zero-order valence-electron chi connectivity index (χ0n) is 29.3. The fourth-order valence-corrected chi connectivity index (χ4v) is 45.1. The van der Waals surface area contributed by atoms with E-state index in [-0.39, 0.29) is 0 Å². The average Bonchev–Trinajstić information content (AvgIpc) is 3.00. The standard InChI is InChI=1S/C50H46/c1-3-15-7-10-33-18(5-1)25-29-31-27-22-13-20-24-21-14-23-28-32-30-26-19-6-2-4-16-8-11-34(19)35(33,12-9-17(15)16)47-38(25,33)43(29)45(31)41(27)36(20,22)40(24)37(21,23)42(28)46(32)44(30,39(26,34)47)49(43,47)50(45,46)48(40,41)42/h15-32H,1-14H2. The van der Waals surface area contributed by atoms with Crippen molar-refractivity contribution in [1.82, 2.24) is 0 Å². The van der Waals surface area contributed by atoms with Crippen molar-refractivity contribution in [2.45, 2.75) is 89.9 Å². The van der Waals surface area contributed by atoms with Crippen LogP contribution in [-0.4, -0.2) is 0 Å². The largest absolute Gasteiger partial charge is 0.0527 e. The number of hydrogen-bond acceptors (Lipinski definition) is 0. The fourth-order valence-electron chi connectivity index (χ4n) is 45.1. The van der Waals surface area contributed by atoms with E-state index in [9.17, 15) is 0 Å². The summed E-state index contributed by atoms with van der Waals surface area (Å²) >= 11 is 0. The molecule has 0 amide bonds. The van der Waals surface area contributed by atoms with E-state index < -0.39 is 0 Å². The summed E-state index contributed by atoms with van der Waals surface area (Å²) in [6, 6.07) is 0. The van der Waals surface area contributed by atoms with Gasteiger partial charge in [-0.25, -0.2) is 0 Å². The number of hydrogen-bond donors (Lipinski definition) is 0. The van der Waals surface area contributed by atoms with Gasteiger partial charge in [-0.3, -0.25) is 0 Å². The molecule has 0 aromatic rings. The van der Waals surface area contributed by atoms with Crippen molar-refractivity contribution in [3.8, 4) is 0 Å². The molecule has 246 valence electrons. The number of rotatable bonds is 0. The van der Waals surface area contributed by atoms with E-state index in [1.54, 1.807) is 57.8 Å². The van der Waals surface area contributed by atoms with Crippen LogP contribution in [0.5, 0.6) is 0 Å². The lowest BCUT2D eigenvalue weighted by atomic mass is 8.42. The highest BCUT2D eigenvalue weighted by Gasteiger charge is 3.61. The first kappa shape index (κ1) is 20.2. The minimum absolute atomic E-state index is 0.936. The molecule has 28 unspecified atom stereocenters. The van der Waals surface area contributed by atoms with Crippen molar-refractivity contribution in [2.75, 3.05) is 0 Å². The van der Waals surface area contributed by atoms with Crippen LogP contribution in [0.25, 0.3) is 0 Å². The highest BCUT2D eigenvalue weighted by Crippen LogP contribution is 3.62. The van der Waals surface area contributed by atoms with Crippen molar-refractivity contribution < 1.29 is 0 Å². The van der Waals surface area contributed by atoms with E-state index in [2.05, 4.69) is 0 Å². The first-order valence-electron chi connectivity index (χ1n) is 24.8. The maximum atomic E-state index is 1.87. The molecule has 28 atom stereocenters. The molecule has 28 saturated carbocycles. The molecule has 0 saturated heterocycles. The predicted molar refractivity (Wildman–Crippen MR) is 171 cm³/mol. The van der Waals surface area contributed by atoms with Gasteiger partial charge in [0.15, 0.2) is 0 Å². The van der Waals surface area contributed by atoms with Crippen molar-refractivity contribution in [1.29, 1.82) is 0 Å². The van der Waals surface area contributed by atoms with Crippen LogP contribution in [-0.2, 0) is 0 Å². The van der Waals surface area contributed by atoms with E-state index >= 15 is 0 Å². The Morgan fingerprint density at radius 2 is 0.820 bits per heavy atom. The van der Waals surface area contributed by atoms with Gasteiger partial charge < -0.3 is 0 Å². The summed E-state index contributed by atoms with van der Waals surface area (Å²) in [6.07, 6.45) is 24.9. The Labute approximate surface area is 292 Å². The quantitative estimate of drug-likeness (QED) is 0.253. The average molecular weight is 647 g/mol. The van der Waals surface area contributed by atoms with Gasteiger partial charge >= 0.3 is 0 Å². The van der Waals surface area contributed by atoms with Crippen LogP contribution >= 0.6 is 0 Å². The van der Waals surface area contributed by atoms with E-state index in [0.717, 1.165) is 97.5 Å². The van der Waals surface area contributed by atoms with Gasteiger partial charge in [0.2, 0.25) is 0 Å². The second-order valence-corrected chi connectivity index (χ2v) is 29.4. The number of fused-ring (bicyclic) bond motifs is 20. The molecular weight excluding hydrogens is 601 g/mol. The molecule has 0 N–H and O–H groups in total. The van der Waals surface area contributed by atoms with Crippen LogP contribution in [0.4, 0.5) is 0 Å². The second kappa shape index (κ2) is 3.64. The molecule has 28 rings (SSSR count). The zero-order chi connectivity index (χ0) is 29.3. The summed E-state index contributed by atoms with van der Waals surface area (Å²) in [5, 5.41) is 0. The van der Waals surface area contributed by atoms with Crippen molar-refractivity contribution in [3.63, 3.8) is 0 Å². The van der Waals surface area contributed by atoms with Gasteiger partial charge in [-0.1, -0.05) is 25.7 Å². The Morgan fingerprint density at radius 3 is 1.40 bits per heavy atom. The highest BCUT2D eigenvalue weighted by atomic mass is 15.6. The Bertz CT molecular complexity index is 2390. The van der Waals surface area contributed by atoms with Crippen LogP contribution < -0.4 is 0 Å². The van der Waals surface area contributed by atoms with Crippen LogP contribution in [0.1, 0.15) is 89.9 Å². The van der Waals surface area contributed by atoms with E-state index in [4.69, 9.17) is 0 Å². The summed E-state index contributed by atoms with van der Waals surface area (Å²) in [4.78, 5) is 0. The minimum atomic E-state index is 0.936. The van der Waals surface area contributed by atoms with E-state index in [1.807, 2.05) is 32.1 Å². The summed E-state index contributed by atoms with van der Waals surface area (Å²) in [6.45, 7) is 0. The van der Waals surface area contributed by atoms with E-state index in [1.165, 1.54) is 107 Å².